The largest absolute Gasteiger partial charge is 0.368 e. The van der Waals surface area contributed by atoms with Crippen LogP contribution in [0.2, 0.25) is 0 Å². The Balaban J connectivity index is 1.93. The highest BCUT2D eigenvalue weighted by Crippen LogP contribution is 2.40. The summed E-state index contributed by atoms with van der Waals surface area (Å²) in [6.45, 7) is 11.4. The van der Waals surface area contributed by atoms with Crippen LogP contribution in [0.15, 0.2) is 0 Å². The van der Waals surface area contributed by atoms with Crippen LogP contribution in [0.3, 0.4) is 0 Å². The van der Waals surface area contributed by atoms with Crippen LogP contribution in [0.1, 0.15) is 33.1 Å². The van der Waals surface area contributed by atoms with Crippen LogP contribution >= 0.6 is 0 Å². The molecule has 0 aromatic heterocycles. The summed E-state index contributed by atoms with van der Waals surface area (Å²) < 4.78 is 0. The molecule has 1 aliphatic carbocycles. The van der Waals surface area contributed by atoms with Gasteiger partial charge in [0.05, 0.1) is 0 Å². The molecule has 20 heavy (non-hydrogen) atoms. The van der Waals surface area contributed by atoms with Crippen molar-refractivity contribution in [2.75, 3.05) is 45.8 Å². The molecule has 5 heteroatoms. The number of amides is 1. The molecule has 1 saturated heterocycles. The molecule has 2 rings (SSSR count). The first-order valence-electron chi connectivity index (χ1n) is 8.12. The second-order valence-electron chi connectivity index (χ2n) is 6.26. The Hall–Kier alpha value is -0.650. The highest BCUT2D eigenvalue weighted by molar-refractivity contribution is 5.86. The molecule has 0 radical (unpaired) electrons. The molecule has 3 N–H and O–H groups in total. The van der Waals surface area contributed by atoms with Crippen molar-refractivity contribution in [1.29, 1.82) is 0 Å². The van der Waals surface area contributed by atoms with Crippen LogP contribution < -0.4 is 11.1 Å². The van der Waals surface area contributed by atoms with Crippen molar-refractivity contribution < 1.29 is 4.79 Å². The van der Waals surface area contributed by atoms with Crippen LogP contribution in [-0.2, 0) is 4.79 Å². The van der Waals surface area contributed by atoms with Crippen LogP contribution in [0.25, 0.3) is 0 Å². The van der Waals surface area contributed by atoms with Gasteiger partial charge in [0.15, 0.2) is 0 Å². The fourth-order valence-electron chi connectivity index (χ4n) is 3.43. The summed E-state index contributed by atoms with van der Waals surface area (Å²) in [6.07, 6.45) is 3.47. The molecular formula is C15H30N4O. The molecule has 1 heterocycles. The SMILES string of the molecule is CCCN1CCN(CC(NCC)(C(N)=O)C2CC2)CC1. The van der Waals surface area contributed by atoms with Gasteiger partial charge in [0.2, 0.25) is 5.91 Å². The molecule has 0 aromatic carbocycles. The highest BCUT2D eigenvalue weighted by atomic mass is 16.1. The van der Waals surface area contributed by atoms with Crippen molar-refractivity contribution in [2.45, 2.75) is 38.6 Å². The van der Waals surface area contributed by atoms with E-state index in [2.05, 4.69) is 29.0 Å². The van der Waals surface area contributed by atoms with Gasteiger partial charge in [0, 0.05) is 32.7 Å². The lowest BCUT2D eigenvalue weighted by atomic mass is 9.91. The van der Waals surface area contributed by atoms with E-state index in [4.69, 9.17) is 5.73 Å². The van der Waals surface area contributed by atoms with Crippen LogP contribution in [0.5, 0.6) is 0 Å². The third-order valence-corrected chi connectivity index (χ3v) is 4.68. The van der Waals surface area contributed by atoms with Crippen molar-refractivity contribution in [2.24, 2.45) is 11.7 Å². The van der Waals surface area contributed by atoms with Crippen molar-refractivity contribution in [3.63, 3.8) is 0 Å². The molecule has 2 fully saturated rings. The monoisotopic (exact) mass is 282 g/mol. The third-order valence-electron chi connectivity index (χ3n) is 4.68. The van der Waals surface area contributed by atoms with Gasteiger partial charge in [-0.15, -0.1) is 0 Å². The predicted octanol–water partition coefficient (Wildman–Crippen LogP) is 0.258. The van der Waals surface area contributed by atoms with Gasteiger partial charge in [-0.1, -0.05) is 13.8 Å². The van der Waals surface area contributed by atoms with Gasteiger partial charge in [0.1, 0.15) is 5.54 Å². The molecule has 1 amide bonds. The number of carbonyl (C=O) groups excluding carboxylic acids is 1. The van der Waals surface area contributed by atoms with Gasteiger partial charge < -0.3 is 16.0 Å². The summed E-state index contributed by atoms with van der Waals surface area (Å²) in [6, 6.07) is 0. The second-order valence-corrected chi connectivity index (χ2v) is 6.26. The van der Waals surface area contributed by atoms with E-state index in [0.29, 0.717) is 5.92 Å². The number of piperazine rings is 1. The van der Waals surface area contributed by atoms with Gasteiger partial charge in [-0.3, -0.25) is 9.69 Å². The lowest BCUT2D eigenvalue weighted by molar-refractivity contribution is -0.126. The van der Waals surface area contributed by atoms with E-state index < -0.39 is 5.54 Å². The zero-order chi connectivity index (χ0) is 14.6. The summed E-state index contributed by atoms with van der Waals surface area (Å²) in [5.74, 6) is 0.270. The fourth-order valence-corrected chi connectivity index (χ4v) is 3.43. The molecule has 0 aromatic rings. The van der Waals surface area contributed by atoms with E-state index in [1.54, 1.807) is 0 Å². The van der Waals surface area contributed by atoms with E-state index in [9.17, 15) is 4.79 Å². The topological polar surface area (TPSA) is 61.6 Å². The Bertz CT molecular complexity index is 324. The molecule has 0 spiro atoms. The number of carbonyl (C=O) groups is 1. The van der Waals surface area contributed by atoms with Gasteiger partial charge in [-0.25, -0.2) is 0 Å². The Morgan fingerprint density at radius 3 is 2.25 bits per heavy atom. The molecular weight excluding hydrogens is 252 g/mol. The quantitative estimate of drug-likeness (QED) is 0.670. The van der Waals surface area contributed by atoms with Crippen molar-refractivity contribution in [1.82, 2.24) is 15.1 Å². The Kier molecular flexibility index (Phi) is 5.41. The summed E-state index contributed by atoms with van der Waals surface area (Å²) in [5, 5.41) is 3.41. The first kappa shape index (κ1) is 15.7. The lowest BCUT2D eigenvalue weighted by Crippen LogP contribution is -2.64. The summed E-state index contributed by atoms with van der Waals surface area (Å²) in [5.41, 5.74) is 5.25. The maximum atomic E-state index is 12.1. The summed E-state index contributed by atoms with van der Waals surface area (Å²) in [4.78, 5) is 17.0. The van der Waals surface area contributed by atoms with Crippen molar-refractivity contribution >= 4 is 5.91 Å². The van der Waals surface area contributed by atoms with Crippen molar-refractivity contribution in [3.05, 3.63) is 0 Å². The van der Waals surface area contributed by atoms with Gasteiger partial charge in [-0.05, 0) is 38.3 Å². The minimum Gasteiger partial charge on any atom is -0.368 e. The van der Waals surface area contributed by atoms with E-state index in [-0.39, 0.29) is 5.91 Å². The Morgan fingerprint density at radius 2 is 1.80 bits per heavy atom. The number of likely N-dealkylation sites (N-methyl/N-ethyl adjacent to an activating group) is 1. The molecule has 116 valence electrons. The minimum atomic E-state index is -0.498. The average Bonchev–Trinajstić information content (AvgIpc) is 3.25. The average molecular weight is 282 g/mol. The van der Waals surface area contributed by atoms with Gasteiger partial charge in [-0.2, -0.15) is 0 Å². The molecule has 5 nitrogen and oxygen atoms in total. The Labute approximate surface area is 122 Å². The van der Waals surface area contributed by atoms with Crippen molar-refractivity contribution in [3.8, 4) is 0 Å². The molecule has 2 aliphatic rings. The lowest BCUT2D eigenvalue weighted by Gasteiger charge is -2.41. The second kappa shape index (κ2) is 6.87. The molecule has 0 bridgehead atoms. The van der Waals surface area contributed by atoms with E-state index in [1.165, 1.54) is 13.0 Å². The first-order chi connectivity index (χ1) is 9.62. The smallest absolute Gasteiger partial charge is 0.239 e. The van der Waals surface area contributed by atoms with Crippen LogP contribution in [0, 0.1) is 5.92 Å². The normalized spacial score (nSPS) is 24.5. The molecule has 1 saturated carbocycles. The number of primary amides is 1. The first-order valence-corrected chi connectivity index (χ1v) is 8.12. The third kappa shape index (κ3) is 3.51. The van der Waals surface area contributed by atoms with E-state index >= 15 is 0 Å². The number of nitrogens with two attached hydrogens (primary N) is 1. The maximum absolute atomic E-state index is 12.1. The predicted molar refractivity (Wildman–Crippen MR) is 81.5 cm³/mol. The summed E-state index contributed by atoms with van der Waals surface area (Å²) >= 11 is 0. The van der Waals surface area contributed by atoms with Crippen LogP contribution in [-0.4, -0.2) is 67.1 Å². The molecule has 1 atom stereocenters. The van der Waals surface area contributed by atoms with Crippen LogP contribution in [0.4, 0.5) is 0 Å². The standard InChI is InChI=1S/C15H30N4O/c1-3-7-18-8-10-19(11-9-18)12-15(14(16)20,17-4-2)13-5-6-13/h13,17H,3-12H2,1-2H3,(H2,16,20). The zero-order valence-electron chi connectivity index (χ0n) is 13.0. The number of hydrogen-bond acceptors (Lipinski definition) is 4. The summed E-state index contributed by atoms with van der Waals surface area (Å²) in [7, 11) is 0. The number of nitrogens with one attached hydrogen (secondary N) is 1. The minimum absolute atomic E-state index is 0.169. The van der Waals surface area contributed by atoms with E-state index in [0.717, 1.165) is 52.1 Å². The Morgan fingerprint density at radius 1 is 1.20 bits per heavy atom. The number of nitrogens with zero attached hydrogens (tertiary/aromatic N) is 2. The molecule has 1 aliphatic heterocycles. The molecule has 1 unspecified atom stereocenters. The highest BCUT2D eigenvalue weighted by Gasteiger charge is 2.50. The number of rotatable bonds is 8. The van der Waals surface area contributed by atoms with Gasteiger partial charge in [0.25, 0.3) is 0 Å². The van der Waals surface area contributed by atoms with E-state index in [1.807, 2.05) is 0 Å². The number of hydrogen-bond donors (Lipinski definition) is 2. The van der Waals surface area contributed by atoms with Gasteiger partial charge >= 0.3 is 0 Å². The zero-order valence-corrected chi connectivity index (χ0v) is 13.0. The fraction of sp³-hybridized carbons (Fsp3) is 0.933. The maximum Gasteiger partial charge on any atom is 0.239 e.